The quantitative estimate of drug-likeness (QED) is 0.645. The van der Waals surface area contributed by atoms with Gasteiger partial charge in [-0.3, -0.25) is 4.40 Å². The molecule has 0 amide bonds. The lowest BCUT2D eigenvalue weighted by Crippen LogP contribution is -2.49. The van der Waals surface area contributed by atoms with E-state index >= 15 is 0 Å². The normalized spacial score (nSPS) is 18.7. The molecule has 1 saturated carbocycles. The van der Waals surface area contributed by atoms with E-state index in [0.717, 1.165) is 30.1 Å². The molecule has 2 aliphatic rings. The number of anilines is 1. The molecule has 2 fully saturated rings. The monoisotopic (exact) mass is 418 g/mol. The maximum Gasteiger partial charge on any atom is 0.243 e. The van der Waals surface area contributed by atoms with Gasteiger partial charge in [-0.15, -0.1) is 10.2 Å². The largest absolute Gasteiger partial charge is 0.351 e. The average Bonchev–Trinajstić information content (AvgIpc) is 3.46. The highest BCUT2D eigenvalue weighted by molar-refractivity contribution is 7.89. The highest BCUT2D eigenvalue weighted by atomic mass is 35.5. The Morgan fingerprint density at radius 1 is 1.00 bits per heavy atom. The fourth-order valence-corrected chi connectivity index (χ4v) is 5.12. The summed E-state index contributed by atoms with van der Waals surface area (Å²) in [4.78, 5) is 6.84. The summed E-state index contributed by atoms with van der Waals surface area (Å²) in [6, 6.07) is 6.28. The van der Waals surface area contributed by atoms with Gasteiger partial charge in [0.15, 0.2) is 5.82 Å². The molecule has 0 bridgehead atoms. The zero-order chi connectivity index (χ0) is 19.3. The molecule has 0 spiro atoms. The van der Waals surface area contributed by atoms with Crippen molar-refractivity contribution in [1.82, 2.24) is 23.9 Å². The van der Waals surface area contributed by atoms with E-state index in [1.54, 1.807) is 30.5 Å². The van der Waals surface area contributed by atoms with Crippen molar-refractivity contribution in [2.75, 3.05) is 31.1 Å². The molecular weight excluding hydrogens is 400 g/mol. The Morgan fingerprint density at radius 2 is 1.71 bits per heavy atom. The predicted octanol–water partition coefficient (Wildman–Crippen LogP) is 2.17. The van der Waals surface area contributed by atoms with Crippen molar-refractivity contribution in [3.8, 4) is 0 Å². The first kappa shape index (κ1) is 17.8. The molecule has 28 heavy (non-hydrogen) atoms. The van der Waals surface area contributed by atoms with Crippen LogP contribution in [-0.4, -0.2) is 58.5 Å². The van der Waals surface area contributed by atoms with Gasteiger partial charge in [-0.25, -0.2) is 13.4 Å². The van der Waals surface area contributed by atoms with Crippen LogP contribution in [0.4, 0.5) is 5.82 Å². The molecule has 5 rings (SSSR count). The number of piperazine rings is 1. The van der Waals surface area contributed by atoms with Gasteiger partial charge in [0.1, 0.15) is 5.82 Å². The maximum atomic E-state index is 12.9. The van der Waals surface area contributed by atoms with Gasteiger partial charge in [0, 0.05) is 49.5 Å². The summed E-state index contributed by atoms with van der Waals surface area (Å²) in [5.41, 5.74) is 0.735. The number of aromatic nitrogens is 4. The van der Waals surface area contributed by atoms with Gasteiger partial charge in [0.2, 0.25) is 15.7 Å². The van der Waals surface area contributed by atoms with Crippen molar-refractivity contribution in [2.45, 2.75) is 23.7 Å². The minimum absolute atomic E-state index is 0.261. The molecule has 0 radical (unpaired) electrons. The number of halogens is 1. The summed E-state index contributed by atoms with van der Waals surface area (Å²) in [7, 11) is -3.53. The minimum atomic E-state index is -3.53. The molecule has 2 aromatic heterocycles. The zero-order valence-corrected chi connectivity index (χ0v) is 16.6. The first-order valence-corrected chi connectivity index (χ1v) is 11.1. The number of hydrogen-bond donors (Lipinski definition) is 0. The molecule has 1 saturated heterocycles. The summed E-state index contributed by atoms with van der Waals surface area (Å²) in [5.74, 6) is 2.24. The van der Waals surface area contributed by atoms with Crippen molar-refractivity contribution in [3.63, 3.8) is 0 Å². The number of nitrogens with zero attached hydrogens (tertiary/aromatic N) is 6. The van der Waals surface area contributed by atoms with Crippen LogP contribution in [0.25, 0.3) is 5.65 Å². The maximum absolute atomic E-state index is 12.9. The van der Waals surface area contributed by atoms with E-state index in [0.29, 0.717) is 37.1 Å². The third-order valence-corrected chi connectivity index (χ3v) is 7.43. The standard InChI is InChI=1S/C18H19ClN6O2S/c19-14-3-5-15(6-4-14)28(26,27)24-11-9-23(10-12-24)17-18-22-21-16(13-1-2-13)25(18)8-7-20-17/h3-8,13H,1-2,9-12H2. The molecule has 3 heterocycles. The van der Waals surface area contributed by atoms with Crippen LogP contribution in [0.3, 0.4) is 0 Å². The third kappa shape index (κ3) is 3.03. The van der Waals surface area contributed by atoms with Crippen LogP contribution in [0, 0.1) is 0 Å². The molecular formula is C18H19ClN6O2S. The van der Waals surface area contributed by atoms with Crippen LogP contribution < -0.4 is 4.90 Å². The molecule has 8 nitrogen and oxygen atoms in total. The fourth-order valence-electron chi connectivity index (χ4n) is 3.57. The van der Waals surface area contributed by atoms with Crippen LogP contribution in [0.5, 0.6) is 0 Å². The van der Waals surface area contributed by atoms with E-state index in [2.05, 4.69) is 20.1 Å². The third-order valence-electron chi connectivity index (χ3n) is 5.27. The van der Waals surface area contributed by atoms with Crippen molar-refractivity contribution in [1.29, 1.82) is 0 Å². The topological polar surface area (TPSA) is 83.7 Å². The van der Waals surface area contributed by atoms with Crippen LogP contribution in [0.2, 0.25) is 5.02 Å². The van der Waals surface area contributed by atoms with Gasteiger partial charge in [-0.05, 0) is 37.1 Å². The SMILES string of the molecule is O=S(=O)(c1ccc(Cl)cc1)N1CCN(c2nccn3c(C4CC4)nnc23)CC1. The van der Waals surface area contributed by atoms with Crippen molar-refractivity contribution >= 4 is 33.1 Å². The number of rotatable bonds is 4. The van der Waals surface area contributed by atoms with Crippen molar-refractivity contribution in [2.24, 2.45) is 0 Å². The Bertz CT molecular complexity index is 1120. The van der Waals surface area contributed by atoms with Gasteiger partial charge in [0.05, 0.1) is 4.90 Å². The minimum Gasteiger partial charge on any atom is -0.351 e. The van der Waals surface area contributed by atoms with E-state index < -0.39 is 10.0 Å². The lowest BCUT2D eigenvalue weighted by molar-refractivity contribution is 0.384. The second-order valence-electron chi connectivity index (χ2n) is 7.12. The average molecular weight is 419 g/mol. The van der Waals surface area contributed by atoms with Crippen LogP contribution in [0.15, 0.2) is 41.6 Å². The lowest BCUT2D eigenvalue weighted by atomic mass is 10.3. The number of fused-ring (bicyclic) bond motifs is 1. The molecule has 146 valence electrons. The van der Waals surface area contributed by atoms with E-state index in [9.17, 15) is 8.42 Å². The Hall–Kier alpha value is -2.23. The summed E-state index contributed by atoms with van der Waals surface area (Å²) in [5, 5.41) is 9.20. The molecule has 0 N–H and O–H groups in total. The first-order chi connectivity index (χ1) is 13.5. The highest BCUT2D eigenvalue weighted by Gasteiger charge is 2.32. The number of hydrogen-bond acceptors (Lipinski definition) is 6. The summed E-state index contributed by atoms with van der Waals surface area (Å²) in [6.07, 6.45) is 5.96. The summed E-state index contributed by atoms with van der Waals surface area (Å²) >= 11 is 5.87. The Morgan fingerprint density at radius 3 is 2.39 bits per heavy atom. The molecule has 0 atom stereocenters. The van der Waals surface area contributed by atoms with Crippen molar-refractivity contribution in [3.05, 3.63) is 47.5 Å². The van der Waals surface area contributed by atoms with E-state index in [-0.39, 0.29) is 4.90 Å². The van der Waals surface area contributed by atoms with E-state index in [4.69, 9.17) is 11.6 Å². The van der Waals surface area contributed by atoms with Crippen LogP contribution in [-0.2, 0) is 10.0 Å². The van der Waals surface area contributed by atoms with Gasteiger partial charge < -0.3 is 4.90 Å². The van der Waals surface area contributed by atoms with Crippen molar-refractivity contribution < 1.29 is 8.42 Å². The second kappa shape index (κ2) is 6.68. The second-order valence-corrected chi connectivity index (χ2v) is 9.50. The summed E-state index contributed by atoms with van der Waals surface area (Å²) in [6.45, 7) is 1.87. The Kier molecular flexibility index (Phi) is 4.26. The Balaban J connectivity index is 1.36. The highest BCUT2D eigenvalue weighted by Crippen LogP contribution is 2.39. The first-order valence-electron chi connectivity index (χ1n) is 9.24. The predicted molar refractivity (Wildman–Crippen MR) is 105 cm³/mol. The molecule has 10 heteroatoms. The van der Waals surface area contributed by atoms with Gasteiger partial charge >= 0.3 is 0 Å². The molecule has 3 aromatic rings. The van der Waals surface area contributed by atoms with E-state index in [1.165, 1.54) is 4.31 Å². The zero-order valence-electron chi connectivity index (χ0n) is 15.1. The van der Waals surface area contributed by atoms with Gasteiger partial charge in [-0.1, -0.05) is 11.6 Å². The fraction of sp³-hybridized carbons (Fsp3) is 0.389. The Labute approximate surface area is 167 Å². The summed E-state index contributed by atoms with van der Waals surface area (Å²) < 4.78 is 29.2. The van der Waals surface area contributed by atoms with Gasteiger partial charge in [0.25, 0.3) is 0 Å². The molecule has 1 aliphatic heterocycles. The lowest BCUT2D eigenvalue weighted by Gasteiger charge is -2.34. The molecule has 1 aliphatic carbocycles. The van der Waals surface area contributed by atoms with E-state index in [1.807, 2.05) is 10.6 Å². The molecule has 0 unspecified atom stereocenters. The number of benzene rings is 1. The van der Waals surface area contributed by atoms with Crippen LogP contribution in [0.1, 0.15) is 24.6 Å². The smallest absolute Gasteiger partial charge is 0.243 e. The van der Waals surface area contributed by atoms with Crippen LogP contribution >= 0.6 is 11.6 Å². The van der Waals surface area contributed by atoms with Gasteiger partial charge in [-0.2, -0.15) is 4.31 Å². The number of sulfonamides is 1. The molecule has 1 aromatic carbocycles.